The Kier molecular flexibility index (Phi) is 4.87. The second-order valence-electron chi connectivity index (χ2n) is 5.09. The minimum absolute atomic E-state index is 0.953. The first kappa shape index (κ1) is 12.3. The van der Waals surface area contributed by atoms with Crippen LogP contribution >= 0.6 is 0 Å². The van der Waals surface area contributed by atoms with E-state index in [2.05, 4.69) is 52.0 Å². The summed E-state index contributed by atoms with van der Waals surface area (Å²) in [5.74, 6) is 2.04. The Labute approximate surface area is 94.7 Å². The average molecular weight is 204 g/mol. The highest BCUT2D eigenvalue weighted by molar-refractivity contribution is 5.19. The van der Waals surface area contributed by atoms with Crippen LogP contribution in [-0.4, -0.2) is 0 Å². The number of rotatable bonds is 1. The van der Waals surface area contributed by atoms with Crippen LogP contribution in [0.25, 0.3) is 0 Å². The molecule has 15 heavy (non-hydrogen) atoms. The Morgan fingerprint density at radius 1 is 0.933 bits per heavy atom. The van der Waals surface area contributed by atoms with Gasteiger partial charge in [-0.1, -0.05) is 68.5 Å². The fraction of sp³-hybridized carbons (Fsp3) is 0.600. The van der Waals surface area contributed by atoms with Gasteiger partial charge >= 0.3 is 0 Å². The lowest BCUT2D eigenvalue weighted by atomic mass is 9.78. The third-order valence-electron chi connectivity index (χ3n) is 3.31. The standard InChI is InChI=1S/C8H10.C7H14/c1-7-3-5-8(2)6-4-7;1-6(2)7-4-3-5-7/h3-6H,1-2H3;6-7H,3-5H2,1-2H3. The molecule has 1 aliphatic carbocycles. The molecule has 0 N–H and O–H groups in total. The maximum Gasteiger partial charge on any atom is -0.0391 e. The average Bonchev–Trinajstić information content (AvgIpc) is 2.07. The van der Waals surface area contributed by atoms with Crippen LogP contribution in [0.1, 0.15) is 44.2 Å². The monoisotopic (exact) mass is 204 g/mol. The molecule has 0 heterocycles. The molecule has 0 aromatic heterocycles. The molecule has 1 aliphatic rings. The van der Waals surface area contributed by atoms with Crippen LogP contribution in [0.4, 0.5) is 0 Å². The molecule has 0 radical (unpaired) electrons. The van der Waals surface area contributed by atoms with Crippen LogP contribution < -0.4 is 0 Å². The van der Waals surface area contributed by atoms with E-state index < -0.39 is 0 Å². The fourth-order valence-corrected chi connectivity index (χ4v) is 1.74. The van der Waals surface area contributed by atoms with E-state index in [1.807, 2.05) is 0 Å². The summed E-state index contributed by atoms with van der Waals surface area (Å²) in [6.45, 7) is 8.84. The van der Waals surface area contributed by atoms with Crippen LogP contribution in [0, 0.1) is 25.7 Å². The molecule has 0 aliphatic heterocycles. The highest BCUT2D eigenvalue weighted by Gasteiger charge is 2.19. The minimum atomic E-state index is 0.953. The molecule has 1 fully saturated rings. The summed E-state index contributed by atoms with van der Waals surface area (Å²) >= 11 is 0. The van der Waals surface area contributed by atoms with Gasteiger partial charge in [-0.3, -0.25) is 0 Å². The predicted molar refractivity (Wildman–Crippen MR) is 68.1 cm³/mol. The van der Waals surface area contributed by atoms with E-state index in [-0.39, 0.29) is 0 Å². The van der Waals surface area contributed by atoms with Crippen molar-refractivity contribution in [1.29, 1.82) is 0 Å². The van der Waals surface area contributed by atoms with Gasteiger partial charge in [0.1, 0.15) is 0 Å². The molecular formula is C15H24. The van der Waals surface area contributed by atoms with Crippen LogP contribution in [-0.2, 0) is 0 Å². The van der Waals surface area contributed by atoms with Crippen molar-refractivity contribution in [1.82, 2.24) is 0 Å². The first-order valence-corrected chi connectivity index (χ1v) is 6.13. The number of hydrogen-bond acceptors (Lipinski definition) is 0. The van der Waals surface area contributed by atoms with Gasteiger partial charge in [0.15, 0.2) is 0 Å². The fourth-order valence-electron chi connectivity index (χ4n) is 1.74. The molecular weight excluding hydrogens is 180 g/mol. The Morgan fingerprint density at radius 2 is 1.33 bits per heavy atom. The normalized spacial score (nSPS) is 15.5. The zero-order valence-electron chi connectivity index (χ0n) is 10.6. The highest BCUT2D eigenvalue weighted by Crippen LogP contribution is 2.32. The quantitative estimate of drug-likeness (QED) is 0.619. The summed E-state index contributed by atoms with van der Waals surface area (Å²) < 4.78 is 0. The maximum atomic E-state index is 2.32. The van der Waals surface area contributed by atoms with Gasteiger partial charge in [-0.2, -0.15) is 0 Å². The van der Waals surface area contributed by atoms with Crippen molar-refractivity contribution in [3.05, 3.63) is 35.4 Å². The molecule has 84 valence electrons. The van der Waals surface area contributed by atoms with E-state index in [1.165, 1.54) is 30.4 Å². The first-order valence-electron chi connectivity index (χ1n) is 6.13. The van der Waals surface area contributed by atoms with Crippen molar-refractivity contribution in [2.24, 2.45) is 11.8 Å². The lowest BCUT2D eigenvalue weighted by molar-refractivity contribution is 0.235. The van der Waals surface area contributed by atoms with Crippen molar-refractivity contribution in [3.8, 4) is 0 Å². The number of hydrogen-bond donors (Lipinski definition) is 0. The van der Waals surface area contributed by atoms with Gasteiger partial charge in [-0.15, -0.1) is 0 Å². The van der Waals surface area contributed by atoms with E-state index in [4.69, 9.17) is 0 Å². The van der Waals surface area contributed by atoms with Gasteiger partial charge in [-0.05, 0) is 25.7 Å². The molecule has 1 aromatic rings. The van der Waals surface area contributed by atoms with Crippen molar-refractivity contribution < 1.29 is 0 Å². The smallest absolute Gasteiger partial charge is 0.0391 e. The van der Waals surface area contributed by atoms with E-state index in [0.29, 0.717) is 0 Å². The van der Waals surface area contributed by atoms with Crippen LogP contribution in [0.5, 0.6) is 0 Å². The Hall–Kier alpha value is -0.780. The van der Waals surface area contributed by atoms with E-state index in [0.717, 1.165) is 11.8 Å². The minimum Gasteiger partial charge on any atom is -0.0625 e. The molecule has 1 saturated carbocycles. The third-order valence-corrected chi connectivity index (χ3v) is 3.31. The molecule has 0 nitrogen and oxygen atoms in total. The summed E-state index contributed by atoms with van der Waals surface area (Å²) in [5.41, 5.74) is 2.66. The topological polar surface area (TPSA) is 0 Å². The number of aryl methyl sites for hydroxylation is 2. The molecule has 0 bridgehead atoms. The molecule has 0 heteroatoms. The van der Waals surface area contributed by atoms with Crippen molar-refractivity contribution >= 4 is 0 Å². The third kappa shape index (κ3) is 4.51. The van der Waals surface area contributed by atoms with Gasteiger partial charge in [0.25, 0.3) is 0 Å². The molecule has 1 aromatic carbocycles. The molecule has 2 rings (SSSR count). The molecule has 0 atom stereocenters. The van der Waals surface area contributed by atoms with E-state index in [9.17, 15) is 0 Å². The van der Waals surface area contributed by atoms with Crippen molar-refractivity contribution in [3.63, 3.8) is 0 Å². The first-order chi connectivity index (χ1) is 7.09. The highest BCUT2D eigenvalue weighted by atomic mass is 14.3. The Balaban J connectivity index is 0.000000151. The summed E-state index contributed by atoms with van der Waals surface area (Å²) in [6, 6.07) is 8.48. The van der Waals surface area contributed by atoms with Gasteiger partial charge in [0, 0.05) is 0 Å². The van der Waals surface area contributed by atoms with Crippen LogP contribution in [0.15, 0.2) is 24.3 Å². The number of benzene rings is 1. The summed E-state index contributed by atoms with van der Waals surface area (Å²) in [6.07, 6.45) is 4.48. The summed E-state index contributed by atoms with van der Waals surface area (Å²) in [4.78, 5) is 0. The lowest BCUT2D eigenvalue weighted by Gasteiger charge is -2.28. The van der Waals surface area contributed by atoms with Gasteiger partial charge in [0.05, 0.1) is 0 Å². The van der Waals surface area contributed by atoms with Gasteiger partial charge in [0.2, 0.25) is 0 Å². The zero-order chi connectivity index (χ0) is 11.3. The summed E-state index contributed by atoms with van der Waals surface area (Å²) in [5, 5.41) is 0. The second kappa shape index (κ2) is 5.95. The van der Waals surface area contributed by atoms with Crippen LogP contribution in [0.2, 0.25) is 0 Å². The maximum absolute atomic E-state index is 2.32. The molecule has 0 spiro atoms. The molecule has 0 amide bonds. The van der Waals surface area contributed by atoms with Gasteiger partial charge in [-0.25, -0.2) is 0 Å². The van der Waals surface area contributed by atoms with Crippen LogP contribution in [0.3, 0.4) is 0 Å². The Morgan fingerprint density at radius 3 is 1.47 bits per heavy atom. The SMILES string of the molecule is CC(C)C1CCC1.Cc1ccc(C)cc1. The second-order valence-corrected chi connectivity index (χ2v) is 5.09. The van der Waals surface area contributed by atoms with Gasteiger partial charge < -0.3 is 0 Å². The summed E-state index contributed by atoms with van der Waals surface area (Å²) in [7, 11) is 0. The molecule has 0 saturated heterocycles. The Bertz CT molecular complexity index is 244. The van der Waals surface area contributed by atoms with E-state index in [1.54, 1.807) is 0 Å². The zero-order valence-corrected chi connectivity index (χ0v) is 10.6. The van der Waals surface area contributed by atoms with Crippen molar-refractivity contribution in [2.45, 2.75) is 47.0 Å². The van der Waals surface area contributed by atoms with E-state index >= 15 is 0 Å². The lowest BCUT2D eigenvalue weighted by Crippen LogP contribution is -2.16. The largest absolute Gasteiger partial charge is 0.0625 e. The predicted octanol–water partition coefficient (Wildman–Crippen LogP) is 4.75. The molecule has 0 unspecified atom stereocenters. The van der Waals surface area contributed by atoms with Crippen molar-refractivity contribution in [2.75, 3.05) is 0 Å².